The molecule has 1 aliphatic heterocycles. The fourth-order valence-corrected chi connectivity index (χ4v) is 1.93. The van der Waals surface area contributed by atoms with Crippen LogP contribution in [0.5, 0.6) is 0 Å². The molecule has 5 atom stereocenters. The highest BCUT2D eigenvalue weighted by Crippen LogP contribution is 2.22. The minimum Gasteiger partial charge on any atom is -0.394 e. The van der Waals surface area contributed by atoms with Crippen molar-refractivity contribution in [3.05, 3.63) is 0 Å². The van der Waals surface area contributed by atoms with Crippen LogP contribution in [0.2, 0.25) is 0 Å². The molecule has 1 aliphatic rings. The van der Waals surface area contributed by atoms with E-state index in [2.05, 4.69) is 5.32 Å². The molecule has 7 nitrogen and oxygen atoms in total. The fourth-order valence-electron chi connectivity index (χ4n) is 1.93. The number of carbonyl (C=O) groups excluding carboxylic acids is 1. The standard InChI is InChI=1S/C11H21NO6/c1-3-4-17-10-8(12-6(2)14)11(16)18-7(5-13)9(10)15/h7-11,13,15-16H,3-5H2,1-2H3,(H,12,14)/t7-,8-,9-,10-,11?/m1/s1. The van der Waals surface area contributed by atoms with Crippen LogP contribution in [0.1, 0.15) is 20.3 Å². The number of rotatable bonds is 5. The van der Waals surface area contributed by atoms with Gasteiger partial charge in [-0.15, -0.1) is 0 Å². The molecule has 0 bridgehead atoms. The van der Waals surface area contributed by atoms with E-state index in [1.165, 1.54) is 6.92 Å². The summed E-state index contributed by atoms with van der Waals surface area (Å²) >= 11 is 0. The van der Waals surface area contributed by atoms with Gasteiger partial charge >= 0.3 is 0 Å². The van der Waals surface area contributed by atoms with Crippen LogP contribution >= 0.6 is 0 Å². The molecule has 0 spiro atoms. The molecule has 1 fully saturated rings. The summed E-state index contributed by atoms with van der Waals surface area (Å²) in [6, 6.07) is -0.855. The Morgan fingerprint density at radius 2 is 2.11 bits per heavy atom. The zero-order valence-corrected chi connectivity index (χ0v) is 10.6. The molecule has 0 radical (unpaired) electrons. The number of hydrogen-bond acceptors (Lipinski definition) is 6. The Kier molecular flexibility index (Phi) is 5.97. The van der Waals surface area contributed by atoms with E-state index in [1.807, 2.05) is 6.92 Å². The van der Waals surface area contributed by atoms with E-state index in [-0.39, 0.29) is 5.91 Å². The molecular formula is C11H21NO6. The van der Waals surface area contributed by atoms with Gasteiger partial charge in [0.15, 0.2) is 6.29 Å². The average molecular weight is 263 g/mol. The minimum absolute atomic E-state index is 0.359. The summed E-state index contributed by atoms with van der Waals surface area (Å²) in [7, 11) is 0. The third-order valence-corrected chi connectivity index (χ3v) is 2.76. The van der Waals surface area contributed by atoms with Crippen LogP contribution in [0, 0.1) is 0 Å². The van der Waals surface area contributed by atoms with Crippen molar-refractivity contribution in [3.8, 4) is 0 Å². The first kappa shape index (κ1) is 15.3. The number of carbonyl (C=O) groups is 1. The summed E-state index contributed by atoms with van der Waals surface area (Å²) in [5.74, 6) is -0.359. The van der Waals surface area contributed by atoms with E-state index in [1.54, 1.807) is 0 Å². The topological polar surface area (TPSA) is 108 Å². The highest BCUT2D eigenvalue weighted by atomic mass is 16.6. The number of aliphatic hydroxyl groups is 3. The fraction of sp³-hybridized carbons (Fsp3) is 0.909. The third kappa shape index (κ3) is 3.63. The van der Waals surface area contributed by atoms with E-state index >= 15 is 0 Å². The molecule has 18 heavy (non-hydrogen) atoms. The van der Waals surface area contributed by atoms with Gasteiger partial charge in [0.25, 0.3) is 0 Å². The number of nitrogens with one attached hydrogen (secondary N) is 1. The maximum Gasteiger partial charge on any atom is 0.217 e. The van der Waals surface area contributed by atoms with Crippen LogP contribution in [0.3, 0.4) is 0 Å². The van der Waals surface area contributed by atoms with Gasteiger partial charge in [-0.05, 0) is 6.42 Å². The summed E-state index contributed by atoms with van der Waals surface area (Å²) in [5.41, 5.74) is 0. The smallest absolute Gasteiger partial charge is 0.217 e. The van der Waals surface area contributed by atoms with Crippen molar-refractivity contribution in [2.24, 2.45) is 0 Å². The second-order valence-corrected chi connectivity index (χ2v) is 4.30. The molecule has 106 valence electrons. The van der Waals surface area contributed by atoms with Gasteiger partial charge in [0.1, 0.15) is 24.4 Å². The van der Waals surface area contributed by atoms with Gasteiger partial charge in [-0.25, -0.2) is 0 Å². The van der Waals surface area contributed by atoms with E-state index < -0.39 is 37.3 Å². The van der Waals surface area contributed by atoms with Crippen LogP contribution in [-0.2, 0) is 14.3 Å². The third-order valence-electron chi connectivity index (χ3n) is 2.76. The molecular weight excluding hydrogens is 242 g/mol. The molecule has 1 rings (SSSR count). The van der Waals surface area contributed by atoms with Crippen LogP contribution < -0.4 is 5.32 Å². The number of hydrogen-bond donors (Lipinski definition) is 4. The van der Waals surface area contributed by atoms with Crippen molar-refractivity contribution >= 4 is 5.91 Å². The maximum atomic E-state index is 11.1. The molecule has 1 saturated heterocycles. The summed E-state index contributed by atoms with van der Waals surface area (Å²) in [4.78, 5) is 11.1. The molecule has 7 heteroatoms. The average Bonchev–Trinajstić information content (AvgIpc) is 2.32. The second-order valence-electron chi connectivity index (χ2n) is 4.30. The van der Waals surface area contributed by atoms with Crippen LogP contribution in [-0.4, -0.2) is 65.1 Å². The van der Waals surface area contributed by atoms with E-state index in [9.17, 15) is 15.0 Å². The van der Waals surface area contributed by atoms with Crippen molar-refractivity contribution in [3.63, 3.8) is 0 Å². The van der Waals surface area contributed by atoms with Crippen LogP contribution in [0.15, 0.2) is 0 Å². The Morgan fingerprint density at radius 3 is 2.61 bits per heavy atom. The van der Waals surface area contributed by atoms with Crippen molar-refractivity contribution < 1.29 is 29.6 Å². The molecule has 1 heterocycles. The lowest BCUT2D eigenvalue weighted by Crippen LogP contribution is -2.64. The number of aliphatic hydroxyl groups excluding tert-OH is 3. The molecule has 4 N–H and O–H groups in total. The largest absolute Gasteiger partial charge is 0.394 e. The molecule has 0 aromatic carbocycles. The van der Waals surface area contributed by atoms with Gasteiger partial charge in [0.2, 0.25) is 5.91 Å². The van der Waals surface area contributed by atoms with Gasteiger partial charge in [-0.1, -0.05) is 6.92 Å². The normalized spacial score (nSPS) is 36.4. The Hall–Kier alpha value is -0.730. The first-order chi connectivity index (χ1) is 8.51. The zero-order valence-electron chi connectivity index (χ0n) is 10.6. The van der Waals surface area contributed by atoms with Gasteiger partial charge in [0.05, 0.1) is 6.61 Å². The molecule has 0 saturated carbocycles. The lowest BCUT2D eigenvalue weighted by atomic mass is 9.96. The number of amides is 1. The van der Waals surface area contributed by atoms with Crippen molar-refractivity contribution in [1.29, 1.82) is 0 Å². The summed E-state index contributed by atoms with van der Waals surface area (Å²) < 4.78 is 10.5. The predicted octanol–water partition coefficient (Wildman–Crippen LogP) is -1.64. The van der Waals surface area contributed by atoms with E-state index in [0.29, 0.717) is 6.61 Å². The summed E-state index contributed by atoms with van der Waals surface area (Å²) in [5, 5.41) is 31.3. The van der Waals surface area contributed by atoms with Crippen molar-refractivity contribution in [2.45, 2.75) is 50.9 Å². The Labute approximate surface area is 106 Å². The lowest BCUT2D eigenvalue weighted by molar-refractivity contribution is -0.261. The van der Waals surface area contributed by atoms with Crippen molar-refractivity contribution in [2.75, 3.05) is 13.2 Å². The predicted molar refractivity (Wildman–Crippen MR) is 61.6 cm³/mol. The highest BCUT2D eigenvalue weighted by molar-refractivity contribution is 5.73. The SMILES string of the molecule is CCCO[C@H]1[C@H](O)[C@@H](CO)OC(O)[C@@H]1NC(C)=O. The number of ether oxygens (including phenoxy) is 2. The zero-order chi connectivity index (χ0) is 13.7. The summed E-state index contributed by atoms with van der Waals surface area (Å²) in [6.07, 6.45) is -3.43. The molecule has 0 aliphatic carbocycles. The summed E-state index contributed by atoms with van der Waals surface area (Å²) in [6.45, 7) is 3.15. The lowest BCUT2D eigenvalue weighted by Gasteiger charge is -2.42. The van der Waals surface area contributed by atoms with E-state index in [4.69, 9.17) is 14.6 Å². The van der Waals surface area contributed by atoms with Crippen molar-refractivity contribution in [1.82, 2.24) is 5.32 Å². The van der Waals surface area contributed by atoms with Gasteiger partial charge < -0.3 is 30.1 Å². The monoisotopic (exact) mass is 263 g/mol. The first-order valence-corrected chi connectivity index (χ1v) is 6.02. The molecule has 1 amide bonds. The molecule has 0 aromatic rings. The Bertz CT molecular complexity index is 274. The van der Waals surface area contributed by atoms with E-state index in [0.717, 1.165) is 6.42 Å². The first-order valence-electron chi connectivity index (χ1n) is 6.02. The van der Waals surface area contributed by atoms with Gasteiger partial charge in [0, 0.05) is 13.5 Å². The Balaban J connectivity index is 2.79. The minimum atomic E-state index is -1.32. The van der Waals surface area contributed by atoms with Crippen LogP contribution in [0.4, 0.5) is 0 Å². The van der Waals surface area contributed by atoms with Gasteiger partial charge in [-0.3, -0.25) is 4.79 Å². The molecule has 1 unspecified atom stereocenters. The quantitative estimate of drug-likeness (QED) is 0.473. The molecule has 0 aromatic heterocycles. The Morgan fingerprint density at radius 1 is 1.44 bits per heavy atom. The highest BCUT2D eigenvalue weighted by Gasteiger charge is 2.45. The maximum absolute atomic E-state index is 11.1. The second kappa shape index (κ2) is 7.01. The van der Waals surface area contributed by atoms with Crippen LogP contribution in [0.25, 0.3) is 0 Å². The van der Waals surface area contributed by atoms with Gasteiger partial charge in [-0.2, -0.15) is 0 Å².